The van der Waals surface area contributed by atoms with E-state index in [2.05, 4.69) is 30.6 Å². The fourth-order valence-electron chi connectivity index (χ4n) is 12.1. The summed E-state index contributed by atoms with van der Waals surface area (Å²) in [7, 11) is 3.89. The first-order valence-corrected chi connectivity index (χ1v) is 25.2. The first kappa shape index (κ1) is 50.5. The molecule has 400 valence electrons. The number of aromatic amines is 2. The van der Waals surface area contributed by atoms with E-state index in [-0.39, 0.29) is 35.9 Å². The minimum absolute atomic E-state index is 0.0382. The van der Waals surface area contributed by atoms with Crippen molar-refractivity contribution in [3.8, 4) is 45.3 Å². The number of alkyl carbamates (subject to hydrolysis) is 2. The van der Waals surface area contributed by atoms with Gasteiger partial charge in [-0.25, -0.2) is 41.5 Å². The van der Waals surface area contributed by atoms with Crippen molar-refractivity contribution in [3.05, 3.63) is 96.1 Å². The smallest absolute Gasteiger partial charge is 0.407 e. The van der Waals surface area contributed by atoms with Gasteiger partial charge in [-0.05, 0) is 67.1 Å². The van der Waals surface area contributed by atoms with E-state index in [0.717, 1.165) is 0 Å². The SMILES string of the molecule is COC(=O)N[C@H](C(=O)N1[C@@H]2CC(F)(F)[C@@H]2C[C@H]1c1ncc(-c2cc(F)c3c(c2)OC(c2cccc(OC)c2)n2c-3cc3cc(-c4cnc([C@@H]5C[C@@H]6[C@@H](CC6(F)F)N5C(=O)[C@@H](NC(=O)OC)C(C)C)[nH]4)ccc32)[nH]1)C(C)C. The molecule has 4 N–H and O–H groups in total. The van der Waals surface area contributed by atoms with Gasteiger partial charge >= 0.3 is 12.2 Å². The molecule has 0 radical (unpaired) electrons. The molecule has 6 aromatic rings. The number of methoxy groups -OCH3 is 3. The van der Waals surface area contributed by atoms with Gasteiger partial charge in [0.1, 0.15) is 41.0 Å². The van der Waals surface area contributed by atoms with Crippen LogP contribution in [0.2, 0.25) is 0 Å². The van der Waals surface area contributed by atoms with Gasteiger partial charge < -0.3 is 53.9 Å². The lowest BCUT2D eigenvalue weighted by Crippen LogP contribution is -2.59. The van der Waals surface area contributed by atoms with Crippen molar-refractivity contribution in [2.75, 3.05) is 21.3 Å². The second kappa shape index (κ2) is 18.6. The Labute approximate surface area is 432 Å². The maximum Gasteiger partial charge on any atom is 0.407 e. The molecule has 1 unspecified atom stereocenters. The third-order valence-electron chi connectivity index (χ3n) is 16.1. The number of halogens is 5. The van der Waals surface area contributed by atoms with E-state index in [1.54, 1.807) is 53.1 Å². The van der Waals surface area contributed by atoms with E-state index in [0.29, 0.717) is 56.2 Å². The van der Waals surface area contributed by atoms with Gasteiger partial charge in [0.25, 0.3) is 11.8 Å². The first-order chi connectivity index (χ1) is 36.2. The van der Waals surface area contributed by atoms with Crippen LogP contribution in [0.15, 0.2) is 73.1 Å². The average Bonchev–Trinajstić information content (AvgIpc) is 4.32. The summed E-state index contributed by atoms with van der Waals surface area (Å²) in [5, 5.41) is 5.83. The number of hydrogen-bond donors (Lipinski definition) is 4. The number of ether oxygens (including phenoxy) is 4. The standard InChI is InChI=1S/C54H56F5N9O8/c1-24(2)44(64-51(71)74-6)48(69)66-38(18-31-40(66)20-53(31,56)57)46-60-22-34(62-46)26-11-12-36-29(13-26)16-37-43-33(55)15-28(17-42(43)76-50(68(36)37)27-9-8-10-30(14-27)73-5)35-23-61-47(63-35)39-19-32-41(21-54(32,58)59)67(39)49(70)45(25(3)4)65-52(72)75-7/h8-17,22-25,31-32,38-41,44-45,50H,18-21H2,1-7H3,(H,60,62)(H,61,63)(H,64,71)(H,65,72)/t31-,32-,38+,39+,40-,41-,44+,45+,50?/m1/s1. The number of alkyl halides is 4. The van der Waals surface area contributed by atoms with Crippen LogP contribution in [-0.2, 0) is 19.1 Å². The molecular formula is C54H56F5N9O8. The number of fused-ring (bicyclic) bond motifs is 7. The largest absolute Gasteiger partial charge is 0.497 e. The molecule has 76 heavy (non-hydrogen) atoms. The zero-order valence-electron chi connectivity index (χ0n) is 42.5. The van der Waals surface area contributed by atoms with Gasteiger partial charge in [-0.3, -0.25) is 9.59 Å². The minimum Gasteiger partial charge on any atom is -0.497 e. The number of rotatable bonds is 12. The van der Waals surface area contributed by atoms with Crippen LogP contribution in [-0.4, -0.2) is 116 Å². The molecule has 3 aliphatic heterocycles. The fraction of sp³-hybridized carbons (Fsp3) is 0.444. The number of benzene rings is 3. The lowest BCUT2D eigenvalue weighted by atomic mass is 9.75. The van der Waals surface area contributed by atoms with Crippen LogP contribution in [0.5, 0.6) is 11.5 Å². The van der Waals surface area contributed by atoms with E-state index < -0.39 is 115 Å². The van der Waals surface area contributed by atoms with Crippen molar-refractivity contribution in [1.29, 1.82) is 0 Å². The summed E-state index contributed by atoms with van der Waals surface area (Å²) < 4.78 is 101. The van der Waals surface area contributed by atoms with Crippen LogP contribution >= 0.6 is 0 Å². The number of imidazole rings is 2. The molecule has 4 fully saturated rings. The minimum atomic E-state index is -3.00. The normalized spacial score (nSPS) is 24.3. The maximum absolute atomic E-state index is 17.1. The molecule has 2 aliphatic carbocycles. The van der Waals surface area contributed by atoms with E-state index in [1.165, 1.54) is 36.3 Å². The van der Waals surface area contributed by atoms with Crippen LogP contribution in [0, 0.1) is 29.5 Å². The monoisotopic (exact) mass is 1050 g/mol. The number of amides is 4. The molecule has 9 atom stereocenters. The van der Waals surface area contributed by atoms with Crippen LogP contribution in [0.25, 0.3) is 44.7 Å². The summed E-state index contributed by atoms with van der Waals surface area (Å²) in [5.41, 5.74) is 3.86. The maximum atomic E-state index is 17.1. The molecule has 6 heterocycles. The van der Waals surface area contributed by atoms with Gasteiger partial charge in [0.15, 0.2) is 0 Å². The Morgan fingerprint density at radius 2 is 1.28 bits per heavy atom. The van der Waals surface area contributed by atoms with Crippen LogP contribution < -0.4 is 20.1 Å². The zero-order valence-corrected chi connectivity index (χ0v) is 42.5. The molecule has 2 saturated carbocycles. The topological polar surface area (TPSA) is 198 Å². The Kier molecular flexibility index (Phi) is 12.3. The highest BCUT2D eigenvalue weighted by molar-refractivity contribution is 5.93. The molecule has 3 aromatic carbocycles. The molecule has 17 nitrogen and oxygen atoms in total. The molecule has 5 aliphatic rings. The molecule has 0 spiro atoms. The van der Waals surface area contributed by atoms with Gasteiger partial charge in [0.2, 0.25) is 18.0 Å². The van der Waals surface area contributed by atoms with Crippen molar-refractivity contribution in [2.45, 2.75) is 108 Å². The van der Waals surface area contributed by atoms with E-state index >= 15 is 22.0 Å². The van der Waals surface area contributed by atoms with Crippen molar-refractivity contribution >= 4 is 34.9 Å². The summed E-state index contributed by atoms with van der Waals surface area (Å²) in [5.74, 6) is -9.40. The quantitative estimate of drug-likeness (QED) is 0.0857. The average molecular weight is 1050 g/mol. The van der Waals surface area contributed by atoms with Crippen LogP contribution in [0.1, 0.15) is 88.9 Å². The predicted octanol–water partition coefficient (Wildman–Crippen LogP) is 9.53. The molecule has 22 heteroatoms. The second-order valence-electron chi connectivity index (χ2n) is 21.1. The van der Waals surface area contributed by atoms with Gasteiger partial charge in [0.05, 0.1) is 74.0 Å². The van der Waals surface area contributed by atoms with Crippen LogP contribution in [0.4, 0.5) is 31.5 Å². The fourth-order valence-corrected chi connectivity index (χ4v) is 12.1. The zero-order chi connectivity index (χ0) is 53.9. The van der Waals surface area contributed by atoms with Crippen LogP contribution in [0.3, 0.4) is 0 Å². The summed E-state index contributed by atoms with van der Waals surface area (Å²) in [6.45, 7) is 6.96. The first-order valence-electron chi connectivity index (χ1n) is 25.2. The Morgan fingerprint density at radius 3 is 1.79 bits per heavy atom. The van der Waals surface area contributed by atoms with Gasteiger partial charge in [-0.15, -0.1) is 0 Å². The lowest BCUT2D eigenvalue weighted by Gasteiger charge is -2.44. The third kappa shape index (κ3) is 8.25. The van der Waals surface area contributed by atoms with Gasteiger partial charge in [0, 0.05) is 58.8 Å². The number of carbonyl (C=O) groups is 4. The Balaban J connectivity index is 0.933. The third-order valence-corrected chi connectivity index (χ3v) is 16.1. The molecular weight excluding hydrogens is 998 g/mol. The molecule has 0 bridgehead atoms. The van der Waals surface area contributed by atoms with E-state index in [1.807, 2.05) is 47.0 Å². The van der Waals surface area contributed by atoms with Crippen molar-refractivity contribution in [2.24, 2.45) is 23.7 Å². The molecule has 3 aromatic heterocycles. The van der Waals surface area contributed by atoms with Gasteiger partial charge in [-0.2, -0.15) is 0 Å². The number of hydrogen-bond acceptors (Lipinski definition) is 10. The molecule has 2 saturated heterocycles. The number of H-pyrrole nitrogens is 2. The van der Waals surface area contributed by atoms with E-state index in [9.17, 15) is 19.2 Å². The van der Waals surface area contributed by atoms with E-state index in [4.69, 9.17) is 18.9 Å². The summed E-state index contributed by atoms with van der Waals surface area (Å²) in [6.07, 6.45) is -0.628. The molecule has 11 rings (SSSR count). The van der Waals surface area contributed by atoms with Gasteiger partial charge in [-0.1, -0.05) is 45.9 Å². The number of nitrogens with one attached hydrogen (secondary N) is 4. The second-order valence-corrected chi connectivity index (χ2v) is 21.1. The Bertz CT molecular complexity index is 3300. The van der Waals surface area contributed by atoms with Crippen molar-refractivity contribution < 1.29 is 60.1 Å². The lowest BCUT2D eigenvalue weighted by molar-refractivity contribution is -0.169. The van der Waals surface area contributed by atoms with Crippen molar-refractivity contribution in [3.63, 3.8) is 0 Å². The highest BCUT2D eigenvalue weighted by Crippen LogP contribution is 2.59. The highest BCUT2D eigenvalue weighted by Gasteiger charge is 2.67. The summed E-state index contributed by atoms with van der Waals surface area (Å²) >= 11 is 0. The van der Waals surface area contributed by atoms with Crippen molar-refractivity contribution in [1.82, 2.24) is 44.9 Å². The number of aromatic nitrogens is 5. The highest BCUT2D eigenvalue weighted by atomic mass is 19.3. The summed E-state index contributed by atoms with van der Waals surface area (Å²) in [4.78, 5) is 71.4. The number of nitrogens with zero attached hydrogens (tertiary/aromatic N) is 5. The Morgan fingerprint density at radius 1 is 0.724 bits per heavy atom. The Hall–Kier alpha value is -7.65. The number of carbonyl (C=O) groups excluding carboxylic acids is 4. The predicted molar refractivity (Wildman–Crippen MR) is 265 cm³/mol. The molecule has 4 amide bonds. The summed E-state index contributed by atoms with van der Waals surface area (Å²) in [6, 6.07) is 12.3. The number of likely N-dealkylation sites (tertiary alicyclic amines) is 2.